The fourth-order valence-corrected chi connectivity index (χ4v) is 3.84. The molecule has 11 heteroatoms. The summed E-state index contributed by atoms with van der Waals surface area (Å²) >= 11 is 0. The molecule has 3 aromatic rings. The summed E-state index contributed by atoms with van der Waals surface area (Å²) in [6, 6.07) is 7.46. The van der Waals surface area contributed by atoms with Gasteiger partial charge in [-0.2, -0.15) is 22.8 Å². The molecule has 0 aliphatic carbocycles. The van der Waals surface area contributed by atoms with Crippen molar-refractivity contribution in [1.82, 2.24) is 19.5 Å². The summed E-state index contributed by atoms with van der Waals surface area (Å²) in [5, 5.41) is 6.57. The normalized spacial score (nSPS) is 17.5. The second-order valence-corrected chi connectivity index (χ2v) is 9.30. The van der Waals surface area contributed by atoms with Gasteiger partial charge < -0.3 is 15.0 Å². The number of anilines is 1. The van der Waals surface area contributed by atoms with E-state index in [-0.39, 0.29) is 31.1 Å². The minimum Gasteiger partial charge on any atom is -0.444 e. The van der Waals surface area contributed by atoms with Crippen molar-refractivity contribution in [1.29, 1.82) is 0 Å². The smallest absolute Gasteiger partial charge is 0.435 e. The molecule has 0 spiro atoms. The van der Waals surface area contributed by atoms with Gasteiger partial charge in [0.1, 0.15) is 17.2 Å². The number of alkyl halides is 3. The summed E-state index contributed by atoms with van der Waals surface area (Å²) in [5.74, 6) is -0.478. The first-order chi connectivity index (χ1) is 17.0. The average molecular weight is 482 g/mol. The number of rotatable bonds is 4. The SMILES string of the molecule is [2H]C([2H])([2H])c1cc(NCC2(c3ccc(F)cc3)CN(C(=O)OC(C)(C)C)C2)n2nc(C(F)(F)F)cc2n1. The third kappa shape index (κ3) is 4.78. The lowest BCUT2D eigenvalue weighted by Gasteiger charge is -2.50. The Morgan fingerprint density at radius 3 is 2.47 bits per heavy atom. The molecule has 0 saturated carbocycles. The molecule has 0 bridgehead atoms. The van der Waals surface area contributed by atoms with E-state index in [1.807, 2.05) is 0 Å². The number of fused-ring (bicyclic) bond motifs is 1. The van der Waals surface area contributed by atoms with Crippen molar-refractivity contribution >= 4 is 17.6 Å². The van der Waals surface area contributed by atoms with Gasteiger partial charge in [-0.25, -0.2) is 14.2 Å². The van der Waals surface area contributed by atoms with E-state index < -0.39 is 47.3 Å². The number of nitrogens with zero attached hydrogens (tertiary/aromatic N) is 4. The maximum atomic E-state index is 13.6. The zero-order chi connectivity index (χ0) is 27.4. The van der Waals surface area contributed by atoms with E-state index in [9.17, 15) is 22.4 Å². The monoisotopic (exact) mass is 482 g/mol. The first kappa shape index (κ1) is 20.0. The number of hydrogen-bond donors (Lipinski definition) is 1. The first-order valence-corrected chi connectivity index (χ1v) is 10.4. The Hall–Kier alpha value is -3.37. The highest BCUT2D eigenvalue weighted by molar-refractivity contribution is 5.70. The lowest BCUT2D eigenvalue weighted by Crippen LogP contribution is -2.64. The van der Waals surface area contributed by atoms with Crippen LogP contribution in [0.1, 0.15) is 41.8 Å². The maximum absolute atomic E-state index is 13.6. The minimum absolute atomic E-state index is 0.0242. The number of halogens is 4. The van der Waals surface area contributed by atoms with Crippen molar-refractivity contribution < 1.29 is 31.2 Å². The molecule has 1 amide bonds. The van der Waals surface area contributed by atoms with Crippen molar-refractivity contribution in [3.8, 4) is 0 Å². The fourth-order valence-electron chi connectivity index (χ4n) is 3.84. The second-order valence-electron chi connectivity index (χ2n) is 9.30. The van der Waals surface area contributed by atoms with Crippen LogP contribution < -0.4 is 5.32 Å². The lowest BCUT2D eigenvalue weighted by molar-refractivity contribution is -0.141. The van der Waals surface area contributed by atoms with Crippen LogP contribution in [-0.2, 0) is 16.3 Å². The van der Waals surface area contributed by atoms with E-state index >= 15 is 0 Å². The summed E-state index contributed by atoms with van der Waals surface area (Å²) in [6.45, 7) is 2.93. The summed E-state index contributed by atoms with van der Waals surface area (Å²) in [5.41, 5.74) is -2.72. The molecule has 1 aliphatic rings. The summed E-state index contributed by atoms with van der Waals surface area (Å²) in [6.07, 6.45) is -5.30. The number of carbonyl (C=O) groups is 1. The molecule has 0 radical (unpaired) electrons. The fraction of sp³-hybridized carbons (Fsp3) is 0.435. The van der Waals surface area contributed by atoms with Crippen LogP contribution in [0.3, 0.4) is 0 Å². The molecule has 2 aromatic heterocycles. The number of nitrogens with one attached hydrogen (secondary N) is 1. The Bertz CT molecular complexity index is 1310. The average Bonchev–Trinajstić information content (AvgIpc) is 3.17. The third-order valence-corrected chi connectivity index (χ3v) is 5.42. The highest BCUT2D eigenvalue weighted by Crippen LogP contribution is 2.36. The molecule has 7 nitrogen and oxygen atoms in total. The van der Waals surface area contributed by atoms with Crippen LogP contribution in [0.5, 0.6) is 0 Å². The molecule has 1 aromatic carbocycles. The maximum Gasteiger partial charge on any atom is 0.435 e. The van der Waals surface area contributed by atoms with Crippen molar-refractivity contribution in [2.75, 3.05) is 25.0 Å². The number of carbonyl (C=O) groups excluding carboxylic acids is 1. The van der Waals surface area contributed by atoms with Crippen LogP contribution in [0.2, 0.25) is 0 Å². The highest BCUT2D eigenvalue weighted by atomic mass is 19.4. The van der Waals surface area contributed by atoms with Gasteiger partial charge in [0.25, 0.3) is 0 Å². The molecule has 3 heterocycles. The highest BCUT2D eigenvalue weighted by Gasteiger charge is 2.48. The van der Waals surface area contributed by atoms with Gasteiger partial charge in [-0.3, -0.25) is 0 Å². The van der Waals surface area contributed by atoms with E-state index in [0.717, 1.165) is 10.6 Å². The Morgan fingerprint density at radius 2 is 1.88 bits per heavy atom. The summed E-state index contributed by atoms with van der Waals surface area (Å²) in [7, 11) is 0. The van der Waals surface area contributed by atoms with E-state index in [0.29, 0.717) is 11.6 Å². The predicted octanol–water partition coefficient (Wildman–Crippen LogP) is 4.80. The molecule has 1 saturated heterocycles. The van der Waals surface area contributed by atoms with E-state index in [1.54, 1.807) is 32.9 Å². The Balaban J connectivity index is 1.68. The van der Waals surface area contributed by atoms with Crippen molar-refractivity contribution in [2.45, 2.75) is 44.8 Å². The second kappa shape index (κ2) is 8.14. The molecule has 4 rings (SSSR count). The topological polar surface area (TPSA) is 71.8 Å². The molecule has 1 N–H and O–H groups in total. The predicted molar refractivity (Wildman–Crippen MR) is 117 cm³/mol. The van der Waals surface area contributed by atoms with Gasteiger partial charge in [0, 0.05) is 47.0 Å². The van der Waals surface area contributed by atoms with E-state index in [1.165, 1.54) is 17.0 Å². The molecule has 1 aliphatic heterocycles. The van der Waals surface area contributed by atoms with Gasteiger partial charge in [0.15, 0.2) is 11.3 Å². The van der Waals surface area contributed by atoms with Gasteiger partial charge in [0.2, 0.25) is 0 Å². The third-order valence-electron chi connectivity index (χ3n) is 5.42. The molecule has 182 valence electrons. The molecular weight excluding hydrogens is 454 g/mol. The molecule has 0 atom stereocenters. The van der Waals surface area contributed by atoms with Gasteiger partial charge in [-0.05, 0) is 45.3 Å². The molecular formula is C23H25F4N5O2. The van der Waals surface area contributed by atoms with Crippen LogP contribution in [0.25, 0.3) is 5.65 Å². The number of hydrogen-bond acceptors (Lipinski definition) is 5. The van der Waals surface area contributed by atoms with Crippen LogP contribution in [-0.4, -0.2) is 50.8 Å². The van der Waals surface area contributed by atoms with Crippen LogP contribution in [0, 0.1) is 12.7 Å². The largest absolute Gasteiger partial charge is 0.444 e. The summed E-state index contributed by atoms with van der Waals surface area (Å²) < 4.78 is 82.8. The van der Waals surface area contributed by atoms with Crippen LogP contribution in [0.4, 0.5) is 28.2 Å². The summed E-state index contributed by atoms with van der Waals surface area (Å²) in [4.78, 5) is 17.9. The number of ether oxygens (including phenoxy) is 1. The van der Waals surface area contributed by atoms with Gasteiger partial charge in [0.05, 0.1) is 0 Å². The molecule has 1 fully saturated rings. The number of likely N-dealkylation sites (tertiary alicyclic amines) is 1. The Labute approximate surface area is 197 Å². The standard InChI is InChI=1S/C23H25F4N5O2/c1-14-9-18(32-19(29-14)10-17(30-32)23(25,26)27)28-11-22(15-5-7-16(24)8-6-15)12-31(13-22)20(33)34-21(2,3)4/h5-10,28H,11-13H2,1-4H3/i1D3. The number of benzene rings is 1. The van der Waals surface area contributed by atoms with Crippen molar-refractivity contribution in [3.05, 3.63) is 59.2 Å². The van der Waals surface area contributed by atoms with Gasteiger partial charge in [-0.1, -0.05) is 12.1 Å². The van der Waals surface area contributed by atoms with E-state index in [4.69, 9.17) is 8.85 Å². The number of aryl methyl sites for hydroxylation is 1. The zero-order valence-electron chi connectivity index (χ0n) is 21.7. The van der Waals surface area contributed by atoms with E-state index in [2.05, 4.69) is 15.4 Å². The molecule has 0 unspecified atom stereocenters. The van der Waals surface area contributed by atoms with Gasteiger partial charge in [-0.15, -0.1) is 0 Å². The first-order valence-electron chi connectivity index (χ1n) is 11.9. The zero-order valence-corrected chi connectivity index (χ0v) is 18.7. The Kier molecular flexibility index (Phi) is 4.80. The number of amides is 1. The molecule has 34 heavy (non-hydrogen) atoms. The van der Waals surface area contributed by atoms with Crippen LogP contribution >= 0.6 is 0 Å². The van der Waals surface area contributed by atoms with Crippen molar-refractivity contribution in [2.24, 2.45) is 0 Å². The minimum atomic E-state index is -4.76. The van der Waals surface area contributed by atoms with Crippen LogP contribution in [0.15, 0.2) is 36.4 Å². The number of aromatic nitrogens is 3. The Morgan fingerprint density at radius 1 is 1.21 bits per heavy atom. The van der Waals surface area contributed by atoms with Gasteiger partial charge >= 0.3 is 12.3 Å². The quantitative estimate of drug-likeness (QED) is 0.541. The lowest BCUT2D eigenvalue weighted by atomic mass is 9.73. The van der Waals surface area contributed by atoms with Crippen molar-refractivity contribution in [3.63, 3.8) is 0 Å².